The summed E-state index contributed by atoms with van der Waals surface area (Å²) in [5.74, 6) is 0. The third-order valence-electron chi connectivity index (χ3n) is 3.67. The molecule has 0 saturated carbocycles. The normalized spacial score (nSPS) is 14.7. The van der Waals surface area contributed by atoms with E-state index in [4.69, 9.17) is 0 Å². The van der Waals surface area contributed by atoms with E-state index in [1.807, 2.05) is 0 Å². The molecule has 0 radical (unpaired) electrons. The lowest BCUT2D eigenvalue weighted by atomic mass is 9.76. The Labute approximate surface area is 120 Å². The van der Waals surface area contributed by atoms with Crippen LogP contribution in [0.2, 0.25) is 0 Å². The molecule has 0 N–H and O–H groups in total. The Kier molecular flexibility index (Phi) is 7.88. The van der Waals surface area contributed by atoms with Gasteiger partial charge in [-0.1, -0.05) is 48.0 Å². The summed E-state index contributed by atoms with van der Waals surface area (Å²) in [6.45, 7) is 15.1. The molecule has 0 aromatic heterocycles. The molecule has 1 atom stereocenters. The summed E-state index contributed by atoms with van der Waals surface area (Å²) in [5.41, 5.74) is 0.675. The Morgan fingerprint density at radius 3 is 2.00 bits per heavy atom. The van der Waals surface area contributed by atoms with Gasteiger partial charge in [-0.2, -0.15) is 0 Å². The fraction of sp³-hybridized carbons (Fsp3) is 0.941. The van der Waals surface area contributed by atoms with Crippen LogP contribution < -0.4 is 0 Å². The Balaban J connectivity index is 4.32. The van der Waals surface area contributed by atoms with E-state index in [0.29, 0.717) is 23.3 Å². The van der Waals surface area contributed by atoms with Crippen LogP contribution in [-0.4, -0.2) is 30.8 Å². The first-order chi connectivity index (χ1) is 8.58. The average Bonchev–Trinajstić information content (AvgIpc) is 2.22. The van der Waals surface area contributed by atoms with Crippen molar-refractivity contribution >= 4 is 6.29 Å². The van der Waals surface area contributed by atoms with Crippen molar-refractivity contribution in [1.82, 2.24) is 4.90 Å². The molecule has 19 heavy (non-hydrogen) atoms. The van der Waals surface area contributed by atoms with Crippen molar-refractivity contribution in [3.63, 3.8) is 0 Å². The molecule has 0 aliphatic heterocycles. The van der Waals surface area contributed by atoms with E-state index in [2.05, 4.69) is 53.5 Å². The lowest BCUT2D eigenvalue weighted by Crippen LogP contribution is -2.44. The number of unbranched alkanes of at least 4 members (excludes halogenated alkanes) is 3. The summed E-state index contributed by atoms with van der Waals surface area (Å²) in [4.78, 5) is 12.8. The van der Waals surface area contributed by atoms with E-state index in [1.165, 1.54) is 12.8 Å². The third kappa shape index (κ3) is 9.21. The summed E-state index contributed by atoms with van der Waals surface area (Å²) in [5, 5.41) is 0. The lowest BCUT2D eigenvalue weighted by molar-refractivity contribution is -0.107. The molecule has 0 spiro atoms. The van der Waals surface area contributed by atoms with Gasteiger partial charge in [0.25, 0.3) is 0 Å². The van der Waals surface area contributed by atoms with Crippen molar-refractivity contribution < 1.29 is 4.79 Å². The zero-order chi connectivity index (χ0) is 15.1. The Morgan fingerprint density at radius 2 is 1.58 bits per heavy atom. The van der Waals surface area contributed by atoms with Crippen LogP contribution in [0.4, 0.5) is 0 Å². The minimum absolute atomic E-state index is 0.310. The summed E-state index contributed by atoms with van der Waals surface area (Å²) in [7, 11) is 2.25. The standard InChI is InChI=1S/C17H35NO/c1-16(2,3)14-15(17(4,5)6)18(7)12-10-8-9-11-13-19/h13,15H,8-12,14H2,1-7H3. The van der Waals surface area contributed by atoms with Crippen molar-refractivity contribution in [2.75, 3.05) is 13.6 Å². The minimum atomic E-state index is 0.310. The van der Waals surface area contributed by atoms with Gasteiger partial charge in [0, 0.05) is 12.5 Å². The molecule has 0 aliphatic carbocycles. The van der Waals surface area contributed by atoms with Crippen LogP contribution in [-0.2, 0) is 4.79 Å². The Bertz CT molecular complexity index is 247. The van der Waals surface area contributed by atoms with Crippen molar-refractivity contribution in [1.29, 1.82) is 0 Å². The predicted octanol–water partition coefficient (Wildman–Crippen LogP) is 4.53. The van der Waals surface area contributed by atoms with Crippen LogP contribution in [0.15, 0.2) is 0 Å². The molecule has 0 aliphatic rings. The SMILES string of the molecule is CN(CCCCCC=O)C(CC(C)(C)C)C(C)(C)C. The first kappa shape index (κ1) is 18.6. The minimum Gasteiger partial charge on any atom is -0.303 e. The van der Waals surface area contributed by atoms with E-state index in [-0.39, 0.29) is 0 Å². The molecule has 0 bridgehead atoms. The van der Waals surface area contributed by atoms with E-state index < -0.39 is 0 Å². The fourth-order valence-corrected chi connectivity index (χ4v) is 2.62. The van der Waals surface area contributed by atoms with E-state index in [0.717, 1.165) is 25.7 Å². The summed E-state index contributed by atoms with van der Waals surface area (Å²) < 4.78 is 0. The van der Waals surface area contributed by atoms with Gasteiger partial charge < -0.3 is 9.69 Å². The molecular weight excluding hydrogens is 234 g/mol. The van der Waals surface area contributed by atoms with Crippen molar-refractivity contribution in [2.45, 2.75) is 79.7 Å². The maximum Gasteiger partial charge on any atom is 0.119 e. The predicted molar refractivity (Wildman–Crippen MR) is 84.5 cm³/mol. The molecule has 0 amide bonds. The highest BCUT2D eigenvalue weighted by Crippen LogP contribution is 2.33. The zero-order valence-electron chi connectivity index (χ0n) is 14.3. The monoisotopic (exact) mass is 269 g/mol. The topological polar surface area (TPSA) is 20.3 Å². The Hall–Kier alpha value is -0.370. The molecular formula is C17H35NO. The molecule has 2 heteroatoms. The summed E-state index contributed by atoms with van der Waals surface area (Å²) >= 11 is 0. The van der Waals surface area contributed by atoms with E-state index in [1.54, 1.807) is 0 Å². The van der Waals surface area contributed by atoms with Gasteiger partial charge in [-0.05, 0) is 43.7 Å². The zero-order valence-corrected chi connectivity index (χ0v) is 14.3. The van der Waals surface area contributed by atoms with Gasteiger partial charge in [-0.15, -0.1) is 0 Å². The summed E-state index contributed by atoms with van der Waals surface area (Å²) in [6.07, 6.45) is 6.37. The molecule has 2 nitrogen and oxygen atoms in total. The maximum absolute atomic E-state index is 10.3. The average molecular weight is 269 g/mol. The van der Waals surface area contributed by atoms with Gasteiger partial charge in [-0.25, -0.2) is 0 Å². The van der Waals surface area contributed by atoms with Crippen LogP contribution in [0.3, 0.4) is 0 Å². The van der Waals surface area contributed by atoms with E-state index >= 15 is 0 Å². The molecule has 0 fully saturated rings. The highest BCUT2D eigenvalue weighted by Gasteiger charge is 2.31. The van der Waals surface area contributed by atoms with Crippen LogP contribution in [0, 0.1) is 10.8 Å². The van der Waals surface area contributed by atoms with Gasteiger partial charge in [-0.3, -0.25) is 0 Å². The first-order valence-corrected chi connectivity index (χ1v) is 7.72. The quantitative estimate of drug-likeness (QED) is 0.476. The van der Waals surface area contributed by atoms with Gasteiger partial charge >= 0.3 is 0 Å². The number of hydrogen-bond acceptors (Lipinski definition) is 2. The second-order valence-corrected chi connectivity index (χ2v) is 8.14. The highest BCUT2D eigenvalue weighted by atomic mass is 16.1. The van der Waals surface area contributed by atoms with Crippen molar-refractivity contribution in [3.05, 3.63) is 0 Å². The first-order valence-electron chi connectivity index (χ1n) is 7.72. The van der Waals surface area contributed by atoms with Gasteiger partial charge in [0.05, 0.1) is 0 Å². The van der Waals surface area contributed by atoms with Crippen LogP contribution in [0.25, 0.3) is 0 Å². The number of aldehydes is 1. The molecule has 0 heterocycles. The number of carbonyl (C=O) groups is 1. The molecule has 0 saturated heterocycles. The molecule has 0 aromatic rings. The number of hydrogen-bond donors (Lipinski definition) is 0. The fourth-order valence-electron chi connectivity index (χ4n) is 2.62. The van der Waals surface area contributed by atoms with Crippen molar-refractivity contribution in [2.24, 2.45) is 10.8 Å². The maximum atomic E-state index is 10.3. The van der Waals surface area contributed by atoms with Gasteiger partial charge in [0.1, 0.15) is 6.29 Å². The number of rotatable bonds is 8. The largest absolute Gasteiger partial charge is 0.303 e. The second kappa shape index (κ2) is 8.04. The number of carbonyl (C=O) groups excluding carboxylic acids is 1. The third-order valence-corrected chi connectivity index (χ3v) is 3.67. The number of nitrogens with zero attached hydrogens (tertiary/aromatic N) is 1. The summed E-state index contributed by atoms with van der Waals surface area (Å²) in [6, 6.07) is 0.610. The van der Waals surface area contributed by atoms with Crippen LogP contribution in [0.1, 0.15) is 73.6 Å². The molecule has 114 valence electrons. The van der Waals surface area contributed by atoms with E-state index in [9.17, 15) is 4.79 Å². The lowest BCUT2D eigenvalue weighted by Gasteiger charge is -2.41. The highest BCUT2D eigenvalue weighted by molar-refractivity contribution is 5.48. The van der Waals surface area contributed by atoms with Crippen LogP contribution >= 0.6 is 0 Å². The second-order valence-electron chi connectivity index (χ2n) is 8.14. The van der Waals surface area contributed by atoms with Gasteiger partial charge in [0.2, 0.25) is 0 Å². The smallest absolute Gasteiger partial charge is 0.119 e. The van der Waals surface area contributed by atoms with Gasteiger partial charge in [0.15, 0.2) is 0 Å². The Morgan fingerprint density at radius 1 is 1.00 bits per heavy atom. The molecule has 1 unspecified atom stereocenters. The molecule has 0 rings (SSSR count). The van der Waals surface area contributed by atoms with Crippen molar-refractivity contribution in [3.8, 4) is 0 Å². The molecule has 0 aromatic carbocycles. The van der Waals surface area contributed by atoms with Crippen LogP contribution in [0.5, 0.6) is 0 Å².